The van der Waals surface area contributed by atoms with Crippen LogP contribution in [-0.4, -0.2) is 34.2 Å². The molecule has 21 heavy (non-hydrogen) atoms. The van der Waals surface area contributed by atoms with Gasteiger partial charge in [0.05, 0.1) is 11.8 Å². The zero-order valence-corrected chi connectivity index (χ0v) is 11.7. The number of likely N-dealkylation sites (tertiary alicyclic amines) is 1. The molecule has 0 saturated carbocycles. The highest BCUT2D eigenvalue weighted by molar-refractivity contribution is 5.50. The molecule has 1 aromatic carbocycles. The van der Waals surface area contributed by atoms with Gasteiger partial charge in [-0.2, -0.15) is 10.4 Å². The van der Waals surface area contributed by atoms with Gasteiger partial charge in [-0.3, -0.25) is 4.90 Å². The van der Waals surface area contributed by atoms with E-state index in [0.29, 0.717) is 17.4 Å². The van der Waals surface area contributed by atoms with Gasteiger partial charge in [0.25, 0.3) is 0 Å². The molecule has 1 atom stereocenters. The van der Waals surface area contributed by atoms with Crippen molar-refractivity contribution in [2.24, 2.45) is 0 Å². The second-order valence-electron chi connectivity index (χ2n) is 5.26. The van der Waals surface area contributed by atoms with E-state index in [2.05, 4.69) is 50.7 Å². The van der Waals surface area contributed by atoms with Crippen LogP contribution in [0.2, 0.25) is 0 Å². The van der Waals surface area contributed by atoms with Crippen LogP contribution in [0.15, 0.2) is 42.6 Å². The molecule has 1 aromatic heterocycles. The summed E-state index contributed by atoms with van der Waals surface area (Å²) >= 11 is 0. The van der Waals surface area contributed by atoms with E-state index >= 15 is 0 Å². The van der Waals surface area contributed by atoms with Crippen LogP contribution >= 0.6 is 0 Å². The summed E-state index contributed by atoms with van der Waals surface area (Å²) in [6, 6.07) is 14.6. The summed E-state index contributed by atoms with van der Waals surface area (Å²) < 4.78 is 0. The lowest BCUT2D eigenvalue weighted by atomic mass is 10.2. The highest BCUT2D eigenvalue weighted by Gasteiger charge is 2.23. The molecule has 5 heteroatoms. The van der Waals surface area contributed by atoms with Crippen LogP contribution in [0.3, 0.4) is 0 Å². The Bertz CT molecular complexity index is 635. The Labute approximate surface area is 124 Å². The molecule has 5 nitrogen and oxygen atoms in total. The lowest BCUT2D eigenvalue weighted by Crippen LogP contribution is -2.26. The Balaban J connectivity index is 1.59. The Kier molecular flexibility index (Phi) is 4.08. The highest BCUT2D eigenvalue weighted by atomic mass is 15.2. The van der Waals surface area contributed by atoms with Gasteiger partial charge < -0.3 is 5.32 Å². The lowest BCUT2D eigenvalue weighted by Gasteiger charge is -2.17. The van der Waals surface area contributed by atoms with E-state index in [4.69, 9.17) is 5.26 Å². The van der Waals surface area contributed by atoms with Gasteiger partial charge in [0, 0.05) is 25.7 Å². The van der Waals surface area contributed by atoms with Gasteiger partial charge in [-0.05, 0) is 18.1 Å². The molecule has 0 aliphatic carbocycles. The number of nitrogens with zero attached hydrogens (tertiary/aromatic N) is 4. The summed E-state index contributed by atoms with van der Waals surface area (Å²) in [5.41, 5.74) is 1.88. The van der Waals surface area contributed by atoms with Crippen molar-refractivity contribution >= 4 is 5.82 Å². The van der Waals surface area contributed by atoms with Gasteiger partial charge in [-0.1, -0.05) is 30.3 Å². The van der Waals surface area contributed by atoms with E-state index in [1.165, 1.54) is 5.56 Å². The van der Waals surface area contributed by atoms with Crippen molar-refractivity contribution in [2.45, 2.75) is 19.0 Å². The molecule has 0 bridgehead atoms. The van der Waals surface area contributed by atoms with Gasteiger partial charge >= 0.3 is 0 Å². The number of nitrogens with one attached hydrogen (secondary N) is 1. The number of hydrogen-bond acceptors (Lipinski definition) is 5. The number of anilines is 1. The second kappa shape index (κ2) is 6.33. The van der Waals surface area contributed by atoms with Crippen molar-refractivity contribution in [1.82, 2.24) is 15.1 Å². The van der Waals surface area contributed by atoms with Crippen LogP contribution in [0.25, 0.3) is 0 Å². The molecule has 2 heterocycles. The van der Waals surface area contributed by atoms with E-state index < -0.39 is 0 Å². The lowest BCUT2D eigenvalue weighted by molar-refractivity contribution is 0.328. The molecule has 0 amide bonds. The molecule has 2 aromatic rings. The van der Waals surface area contributed by atoms with Crippen molar-refractivity contribution in [1.29, 1.82) is 5.26 Å². The number of benzene rings is 1. The van der Waals surface area contributed by atoms with Crippen LogP contribution in [0.1, 0.15) is 17.5 Å². The number of rotatable bonds is 4. The first kappa shape index (κ1) is 13.5. The largest absolute Gasteiger partial charge is 0.363 e. The maximum Gasteiger partial charge on any atom is 0.166 e. The predicted octanol–water partition coefficient (Wildman–Crippen LogP) is 2.03. The maximum atomic E-state index is 9.07. The quantitative estimate of drug-likeness (QED) is 0.927. The third-order valence-electron chi connectivity index (χ3n) is 3.70. The fourth-order valence-corrected chi connectivity index (χ4v) is 2.66. The molecule has 3 rings (SSSR count). The number of nitriles is 1. The molecule has 1 aliphatic heterocycles. The highest BCUT2D eigenvalue weighted by Crippen LogP contribution is 2.18. The first-order chi connectivity index (χ1) is 10.3. The summed E-state index contributed by atoms with van der Waals surface area (Å²) in [4.78, 5) is 2.41. The van der Waals surface area contributed by atoms with Gasteiger partial charge in [0.1, 0.15) is 6.07 Å². The van der Waals surface area contributed by atoms with Crippen LogP contribution in [0.5, 0.6) is 0 Å². The smallest absolute Gasteiger partial charge is 0.166 e. The van der Waals surface area contributed by atoms with Crippen LogP contribution in [0.4, 0.5) is 5.82 Å². The molecule has 106 valence electrons. The predicted molar refractivity (Wildman–Crippen MR) is 80.5 cm³/mol. The third-order valence-corrected chi connectivity index (χ3v) is 3.70. The summed E-state index contributed by atoms with van der Waals surface area (Å²) in [5, 5.41) is 20.3. The van der Waals surface area contributed by atoms with E-state index in [9.17, 15) is 0 Å². The number of hydrogen-bond donors (Lipinski definition) is 1. The number of aromatic nitrogens is 2. The van der Waals surface area contributed by atoms with Gasteiger partial charge in [-0.25, -0.2) is 0 Å². The van der Waals surface area contributed by atoms with Gasteiger partial charge in [-0.15, -0.1) is 5.10 Å². The minimum atomic E-state index is 0.317. The zero-order valence-electron chi connectivity index (χ0n) is 11.7. The minimum Gasteiger partial charge on any atom is -0.363 e. The SMILES string of the molecule is N#Cc1ccnnc1NC1CCN(Cc2ccccc2)C1. The van der Waals surface area contributed by atoms with E-state index in [1.807, 2.05) is 6.07 Å². The minimum absolute atomic E-state index is 0.317. The molecule has 1 aliphatic rings. The summed E-state index contributed by atoms with van der Waals surface area (Å²) in [5.74, 6) is 0.589. The van der Waals surface area contributed by atoms with Crippen molar-refractivity contribution in [3.05, 3.63) is 53.7 Å². The molecule has 1 unspecified atom stereocenters. The summed E-state index contributed by atoms with van der Waals surface area (Å²) in [7, 11) is 0. The molecule has 1 saturated heterocycles. The first-order valence-electron chi connectivity index (χ1n) is 7.10. The normalized spacial score (nSPS) is 18.3. The summed E-state index contributed by atoms with van der Waals surface area (Å²) in [6.07, 6.45) is 2.59. The molecule has 0 spiro atoms. The maximum absolute atomic E-state index is 9.07. The molecular weight excluding hydrogens is 262 g/mol. The van der Waals surface area contributed by atoms with Crippen LogP contribution < -0.4 is 5.32 Å². The second-order valence-corrected chi connectivity index (χ2v) is 5.26. The topological polar surface area (TPSA) is 64.8 Å². The third kappa shape index (κ3) is 3.36. The zero-order chi connectivity index (χ0) is 14.5. The summed E-state index contributed by atoms with van der Waals surface area (Å²) in [6.45, 7) is 2.97. The first-order valence-corrected chi connectivity index (χ1v) is 7.10. The van der Waals surface area contributed by atoms with E-state index in [0.717, 1.165) is 26.1 Å². The monoisotopic (exact) mass is 279 g/mol. The average molecular weight is 279 g/mol. The Morgan fingerprint density at radius 1 is 1.29 bits per heavy atom. The molecular formula is C16H17N5. The molecule has 0 radical (unpaired) electrons. The fourth-order valence-electron chi connectivity index (χ4n) is 2.66. The molecule has 1 fully saturated rings. The van der Waals surface area contributed by atoms with Gasteiger partial charge in [0.15, 0.2) is 5.82 Å². The Hall–Kier alpha value is -2.45. The fraction of sp³-hybridized carbons (Fsp3) is 0.312. The van der Waals surface area contributed by atoms with Crippen molar-refractivity contribution in [3.63, 3.8) is 0 Å². The van der Waals surface area contributed by atoms with Crippen LogP contribution in [-0.2, 0) is 6.54 Å². The van der Waals surface area contributed by atoms with Crippen molar-refractivity contribution in [2.75, 3.05) is 18.4 Å². The molecule has 1 N–H and O–H groups in total. The van der Waals surface area contributed by atoms with Crippen LogP contribution in [0, 0.1) is 11.3 Å². The Morgan fingerprint density at radius 2 is 2.14 bits per heavy atom. The van der Waals surface area contributed by atoms with E-state index in [-0.39, 0.29) is 0 Å². The average Bonchev–Trinajstić information content (AvgIpc) is 2.96. The van der Waals surface area contributed by atoms with Crippen molar-refractivity contribution in [3.8, 4) is 6.07 Å². The van der Waals surface area contributed by atoms with Crippen molar-refractivity contribution < 1.29 is 0 Å². The van der Waals surface area contributed by atoms with Gasteiger partial charge in [0.2, 0.25) is 0 Å². The van der Waals surface area contributed by atoms with E-state index in [1.54, 1.807) is 12.3 Å². The standard InChI is InChI=1S/C16H17N5/c17-10-14-6-8-18-20-16(14)19-15-7-9-21(12-15)11-13-4-2-1-3-5-13/h1-6,8,15H,7,9,11-12H2,(H,19,20). The Morgan fingerprint density at radius 3 is 2.95 bits per heavy atom.